The summed E-state index contributed by atoms with van der Waals surface area (Å²) in [7, 11) is 0. The highest BCUT2D eigenvalue weighted by atomic mass is 16.5. The number of ether oxygens (including phenoxy) is 2. The Hall–Kier alpha value is -2.37. The molecule has 1 rings (SSSR count). The third-order valence-corrected chi connectivity index (χ3v) is 2.38. The van der Waals surface area contributed by atoms with Gasteiger partial charge in [-0.1, -0.05) is 12.1 Å². The zero-order chi connectivity index (χ0) is 15.1. The van der Waals surface area contributed by atoms with Gasteiger partial charge in [0.05, 0.1) is 12.3 Å². The Kier molecular flexibility index (Phi) is 5.71. The number of esters is 2. The maximum Gasteiger partial charge on any atom is 0.326 e. The number of amides is 1. The highest BCUT2D eigenvalue weighted by Crippen LogP contribution is 2.28. The molecular formula is C14H17NO5. The molecule has 0 N–H and O–H groups in total. The molecule has 0 aliphatic heterocycles. The monoisotopic (exact) mass is 279 g/mol. The molecule has 20 heavy (non-hydrogen) atoms. The number of hydrogen-bond donors (Lipinski definition) is 0. The van der Waals surface area contributed by atoms with Gasteiger partial charge < -0.3 is 9.47 Å². The zero-order valence-corrected chi connectivity index (χ0v) is 11.7. The van der Waals surface area contributed by atoms with Gasteiger partial charge in [-0.25, -0.2) is 0 Å². The van der Waals surface area contributed by atoms with Crippen molar-refractivity contribution < 1.29 is 23.9 Å². The normalized spacial score (nSPS) is 9.75. The molecule has 0 heterocycles. The minimum Gasteiger partial charge on any atom is -0.465 e. The van der Waals surface area contributed by atoms with E-state index >= 15 is 0 Å². The number of rotatable bonds is 5. The lowest BCUT2D eigenvalue weighted by molar-refractivity contribution is -0.142. The Morgan fingerprint density at radius 1 is 1.15 bits per heavy atom. The first kappa shape index (κ1) is 15.7. The molecule has 0 aliphatic rings. The van der Waals surface area contributed by atoms with Crippen LogP contribution < -0.4 is 9.64 Å². The zero-order valence-electron chi connectivity index (χ0n) is 11.7. The smallest absolute Gasteiger partial charge is 0.326 e. The van der Waals surface area contributed by atoms with Crippen molar-refractivity contribution >= 4 is 23.5 Å². The Labute approximate surface area is 117 Å². The summed E-state index contributed by atoms with van der Waals surface area (Å²) in [6, 6.07) is 6.50. The van der Waals surface area contributed by atoms with E-state index in [0.29, 0.717) is 5.69 Å². The van der Waals surface area contributed by atoms with Crippen molar-refractivity contribution in [1.82, 2.24) is 0 Å². The molecule has 0 spiro atoms. The molecule has 0 unspecified atom stereocenters. The summed E-state index contributed by atoms with van der Waals surface area (Å²) < 4.78 is 9.86. The molecule has 0 aromatic heterocycles. The molecule has 6 nitrogen and oxygen atoms in total. The molecule has 1 amide bonds. The lowest BCUT2D eigenvalue weighted by Gasteiger charge is -2.22. The number of hydrogen-bond acceptors (Lipinski definition) is 5. The Morgan fingerprint density at radius 2 is 1.80 bits per heavy atom. The number of carbonyl (C=O) groups is 3. The molecule has 0 radical (unpaired) electrons. The van der Waals surface area contributed by atoms with Gasteiger partial charge in [-0.2, -0.15) is 0 Å². The standard InChI is InChI=1S/C14H17NO5/c1-4-19-14(18)9-15(10(2)16)12-7-5-6-8-13(12)20-11(3)17/h5-8H,4,9H2,1-3H3. The fourth-order valence-electron chi connectivity index (χ4n) is 1.62. The lowest BCUT2D eigenvalue weighted by atomic mass is 10.2. The van der Waals surface area contributed by atoms with E-state index in [1.165, 1.54) is 18.7 Å². The van der Waals surface area contributed by atoms with Crippen LogP contribution >= 0.6 is 0 Å². The lowest BCUT2D eigenvalue weighted by Crippen LogP contribution is -2.35. The number of anilines is 1. The summed E-state index contributed by atoms with van der Waals surface area (Å²) >= 11 is 0. The van der Waals surface area contributed by atoms with Gasteiger partial charge in [0.1, 0.15) is 6.54 Å². The highest BCUT2D eigenvalue weighted by molar-refractivity contribution is 5.97. The average molecular weight is 279 g/mol. The van der Waals surface area contributed by atoms with E-state index in [4.69, 9.17) is 9.47 Å². The largest absolute Gasteiger partial charge is 0.465 e. The SMILES string of the molecule is CCOC(=O)CN(C(C)=O)c1ccccc1OC(C)=O. The van der Waals surface area contributed by atoms with Crippen LogP contribution in [0, 0.1) is 0 Å². The van der Waals surface area contributed by atoms with Crippen molar-refractivity contribution in [2.75, 3.05) is 18.1 Å². The van der Waals surface area contributed by atoms with E-state index in [1.54, 1.807) is 31.2 Å². The molecule has 0 aliphatic carbocycles. The molecule has 0 saturated carbocycles. The minimum atomic E-state index is -0.527. The van der Waals surface area contributed by atoms with Gasteiger partial charge in [0.2, 0.25) is 5.91 Å². The van der Waals surface area contributed by atoms with Gasteiger partial charge in [-0.05, 0) is 19.1 Å². The molecule has 0 fully saturated rings. The fraction of sp³-hybridized carbons (Fsp3) is 0.357. The van der Waals surface area contributed by atoms with Crippen molar-refractivity contribution in [3.8, 4) is 5.75 Å². The third kappa shape index (κ3) is 4.38. The predicted molar refractivity (Wildman–Crippen MR) is 72.4 cm³/mol. The van der Waals surface area contributed by atoms with Gasteiger partial charge in [-0.3, -0.25) is 19.3 Å². The van der Waals surface area contributed by atoms with Gasteiger partial charge in [0, 0.05) is 13.8 Å². The van der Waals surface area contributed by atoms with Crippen LogP contribution in [-0.2, 0) is 19.1 Å². The molecule has 0 saturated heterocycles. The summed E-state index contributed by atoms with van der Waals surface area (Å²) in [5.74, 6) is -1.16. The summed E-state index contributed by atoms with van der Waals surface area (Å²) in [4.78, 5) is 35.5. The third-order valence-electron chi connectivity index (χ3n) is 2.38. The van der Waals surface area contributed by atoms with E-state index in [9.17, 15) is 14.4 Å². The molecule has 1 aromatic rings. The van der Waals surface area contributed by atoms with Crippen molar-refractivity contribution in [3.05, 3.63) is 24.3 Å². The van der Waals surface area contributed by atoms with Gasteiger partial charge >= 0.3 is 11.9 Å². The Bertz CT molecular complexity index is 512. The number of benzene rings is 1. The van der Waals surface area contributed by atoms with Crippen LogP contribution in [-0.4, -0.2) is 31.0 Å². The molecule has 0 atom stereocenters. The van der Waals surface area contributed by atoms with Crippen LogP contribution in [0.25, 0.3) is 0 Å². The first-order valence-electron chi connectivity index (χ1n) is 6.16. The number of para-hydroxylation sites is 2. The van der Waals surface area contributed by atoms with Gasteiger partial charge in [0.15, 0.2) is 5.75 Å². The van der Waals surface area contributed by atoms with Crippen molar-refractivity contribution in [3.63, 3.8) is 0 Å². The second-order valence-corrected chi connectivity index (χ2v) is 3.97. The summed E-state index contributed by atoms with van der Waals surface area (Å²) in [5, 5.41) is 0. The van der Waals surface area contributed by atoms with Gasteiger partial charge in [0.25, 0.3) is 0 Å². The molecule has 108 valence electrons. The quantitative estimate of drug-likeness (QED) is 0.603. The second kappa shape index (κ2) is 7.28. The first-order chi connectivity index (χ1) is 9.45. The molecule has 1 aromatic carbocycles. The van der Waals surface area contributed by atoms with E-state index in [0.717, 1.165) is 0 Å². The van der Waals surface area contributed by atoms with E-state index in [2.05, 4.69) is 0 Å². The minimum absolute atomic E-state index is 0.222. The maximum absolute atomic E-state index is 11.7. The first-order valence-corrected chi connectivity index (χ1v) is 6.16. The van der Waals surface area contributed by atoms with Crippen LogP contribution in [0.5, 0.6) is 5.75 Å². The molecular weight excluding hydrogens is 262 g/mol. The molecule has 6 heteroatoms. The van der Waals surface area contributed by atoms with E-state index in [1.807, 2.05) is 0 Å². The van der Waals surface area contributed by atoms with Crippen LogP contribution in [0.15, 0.2) is 24.3 Å². The van der Waals surface area contributed by atoms with Crippen LogP contribution in [0.2, 0.25) is 0 Å². The van der Waals surface area contributed by atoms with E-state index < -0.39 is 11.9 Å². The summed E-state index contributed by atoms with van der Waals surface area (Å²) in [5.41, 5.74) is 0.350. The Balaban J connectivity index is 3.05. The highest BCUT2D eigenvalue weighted by Gasteiger charge is 2.20. The number of nitrogens with zero attached hydrogens (tertiary/aromatic N) is 1. The summed E-state index contributed by atoms with van der Waals surface area (Å²) in [6.07, 6.45) is 0. The van der Waals surface area contributed by atoms with Crippen molar-refractivity contribution in [2.45, 2.75) is 20.8 Å². The molecule has 0 bridgehead atoms. The van der Waals surface area contributed by atoms with E-state index in [-0.39, 0.29) is 24.8 Å². The van der Waals surface area contributed by atoms with Crippen LogP contribution in [0.3, 0.4) is 0 Å². The van der Waals surface area contributed by atoms with Gasteiger partial charge in [-0.15, -0.1) is 0 Å². The predicted octanol–water partition coefficient (Wildman–Crippen LogP) is 1.53. The van der Waals surface area contributed by atoms with Crippen LogP contribution in [0.4, 0.5) is 5.69 Å². The topological polar surface area (TPSA) is 72.9 Å². The maximum atomic E-state index is 11.7. The average Bonchev–Trinajstić information content (AvgIpc) is 2.36. The fourth-order valence-corrected chi connectivity index (χ4v) is 1.62. The van der Waals surface area contributed by atoms with Crippen LogP contribution in [0.1, 0.15) is 20.8 Å². The van der Waals surface area contributed by atoms with Crippen molar-refractivity contribution in [1.29, 1.82) is 0 Å². The Morgan fingerprint density at radius 3 is 2.35 bits per heavy atom. The number of carbonyl (C=O) groups excluding carboxylic acids is 3. The van der Waals surface area contributed by atoms with Crippen molar-refractivity contribution in [2.24, 2.45) is 0 Å². The summed E-state index contributed by atoms with van der Waals surface area (Å²) in [6.45, 7) is 4.27. The second-order valence-electron chi connectivity index (χ2n) is 3.97.